The van der Waals surface area contributed by atoms with Gasteiger partial charge in [-0.25, -0.2) is 4.79 Å². The van der Waals surface area contributed by atoms with Gasteiger partial charge >= 0.3 is 5.97 Å². The number of benzene rings is 1. The molecule has 0 aliphatic carbocycles. The molecule has 0 fully saturated rings. The second-order valence-corrected chi connectivity index (χ2v) is 7.03. The van der Waals surface area contributed by atoms with Crippen LogP contribution < -0.4 is 10.1 Å². The molecule has 146 valence electrons. The van der Waals surface area contributed by atoms with Crippen molar-refractivity contribution in [3.05, 3.63) is 23.8 Å². The third-order valence-electron chi connectivity index (χ3n) is 4.27. The molecule has 1 rings (SSSR count). The largest absolute Gasteiger partial charge is 0.490 e. The van der Waals surface area contributed by atoms with E-state index in [1.54, 1.807) is 25.1 Å². The van der Waals surface area contributed by atoms with Gasteiger partial charge in [-0.2, -0.15) is 0 Å². The first kappa shape index (κ1) is 22.0. The van der Waals surface area contributed by atoms with Gasteiger partial charge in [0.2, 0.25) is 0 Å². The molecule has 0 spiro atoms. The highest BCUT2D eigenvalue weighted by Crippen LogP contribution is 2.27. The van der Waals surface area contributed by atoms with Crippen LogP contribution in [0.5, 0.6) is 5.75 Å². The molecule has 0 saturated carbocycles. The Labute approximate surface area is 156 Å². The molecule has 1 aromatic carbocycles. The molecular weight excluding hydrogens is 334 g/mol. The molecular formula is C20H31NO5. The van der Waals surface area contributed by atoms with Crippen molar-refractivity contribution < 1.29 is 23.8 Å². The SMILES string of the molecule is CC[C@@H](C)Oc1ccc(NC(=O)[C@@](C)(CC(C)C)OC)cc1C(=O)OC. The van der Waals surface area contributed by atoms with E-state index in [1.807, 2.05) is 27.7 Å². The Hall–Kier alpha value is -2.08. The van der Waals surface area contributed by atoms with E-state index >= 15 is 0 Å². The van der Waals surface area contributed by atoms with Crippen LogP contribution in [-0.2, 0) is 14.3 Å². The average molecular weight is 365 g/mol. The minimum absolute atomic E-state index is 0.0401. The van der Waals surface area contributed by atoms with Crippen LogP contribution in [-0.4, -0.2) is 37.8 Å². The fraction of sp³-hybridized carbons (Fsp3) is 0.600. The van der Waals surface area contributed by atoms with Crippen LogP contribution >= 0.6 is 0 Å². The minimum atomic E-state index is -0.953. The molecule has 1 N–H and O–H groups in total. The van der Waals surface area contributed by atoms with Gasteiger partial charge in [0, 0.05) is 12.8 Å². The van der Waals surface area contributed by atoms with Crippen LogP contribution in [0.25, 0.3) is 0 Å². The van der Waals surface area contributed by atoms with Crippen molar-refractivity contribution in [2.45, 2.75) is 59.2 Å². The lowest BCUT2D eigenvalue weighted by molar-refractivity contribution is -0.137. The number of amides is 1. The maximum Gasteiger partial charge on any atom is 0.341 e. The predicted molar refractivity (Wildman–Crippen MR) is 102 cm³/mol. The van der Waals surface area contributed by atoms with Crippen molar-refractivity contribution in [2.75, 3.05) is 19.5 Å². The first-order valence-corrected chi connectivity index (χ1v) is 8.92. The van der Waals surface area contributed by atoms with Crippen LogP contribution in [0.2, 0.25) is 0 Å². The van der Waals surface area contributed by atoms with Gasteiger partial charge in [0.25, 0.3) is 5.91 Å². The summed E-state index contributed by atoms with van der Waals surface area (Å²) in [6.45, 7) is 9.73. The van der Waals surface area contributed by atoms with Crippen LogP contribution in [0, 0.1) is 5.92 Å². The second kappa shape index (κ2) is 9.57. The number of ether oxygens (including phenoxy) is 3. The third kappa shape index (κ3) is 5.73. The lowest BCUT2D eigenvalue weighted by Crippen LogP contribution is -2.43. The number of anilines is 1. The first-order valence-electron chi connectivity index (χ1n) is 8.92. The van der Waals surface area contributed by atoms with Crippen molar-refractivity contribution in [3.63, 3.8) is 0 Å². The van der Waals surface area contributed by atoms with Gasteiger partial charge in [0.1, 0.15) is 16.9 Å². The molecule has 26 heavy (non-hydrogen) atoms. The van der Waals surface area contributed by atoms with E-state index in [1.165, 1.54) is 14.2 Å². The number of carbonyl (C=O) groups excluding carboxylic acids is 2. The van der Waals surface area contributed by atoms with Crippen LogP contribution in [0.1, 0.15) is 57.8 Å². The molecule has 0 unspecified atom stereocenters. The highest BCUT2D eigenvalue weighted by molar-refractivity contribution is 5.99. The quantitative estimate of drug-likeness (QED) is 0.669. The first-order chi connectivity index (χ1) is 12.2. The van der Waals surface area contributed by atoms with Gasteiger partial charge in [-0.15, -0.1) is 0 Å². The summed E-state index contributed by atoms with van der Waals surface area (Å²) in [6.07, 6.45) is 1.34. The fourth-order valence-corrected chi connectivity index (χ4v) is 2.59. The van der Waals surface area contributed by atoms with Crippen LogP contribution in [0.4, 0.5) is 5.69 Å². The zero-order chi connectivity index (χ0) is 19.9. The monoisotopic (exact) mass is 365 g/mol. The molecule has 0 aliphatic heterocycles. The number of nitrogens with one attached hydrogen (secondary N) is 1. The van der Waals surface area contributed by atoms with Crippen LogP contribution in [0.15, 0.2) is 18.2 Å². The van der Waals surface area contributed by atoms with Gasteiger partial charge in [-0.1, -0.05) is 20.8 Å². The van der Waals surface area contributed by atoms with E-state index in [4.69, 9.17) is 14.2 Å². The van der Waals surface area contributed by atoms with E-state index < -0.39 is 11.6 Å². The van der Waals surface area contributed by atoms with Crippen molar-refractivity contribution in [1.29, 1.82) is 0 Å². The van der Waals surface area contributed by atoms with Gasteiger partial charge < -0.3 is 19.5 Å². The summed E-state index contributed by atoms with van der Waals surface area (Å²) >= 11 is 0. The number of esters is 1. The van der Waals surface area contributed by atoms with Gasteiger partial charge in [0.15, 0.2) is 0 Å². The normalized spacial score (nSPS) is 14.5. The summed E-state index contributed by atoms with van der Waals surface area (Å²) in [4.78, 5) is 24.8. The molecule has 0 aliphatic rings. The summed E-state index contributed by atoms with van der Waals surface area (Å²) in [5.74, 6) is -0.0558. The van der Waals surface area contributed by atoms with Gasteiger partial charge in [-0.3, -0.25) is 4.79 Å². The lowest BCUT2D eigenvalue weighted by atomic mass is 9.93. The summed E-state index contributed by atoms with van der Waals surface area (Å²) in [5.41, 5.74) is -0.196. The minimum Gasteiger partial charge on any atom is -0.490 e. The topological polar surface area (TPSA) is 73.9 Å². The molecule has 0 heterocycles. The number of methoxy groups -OCH3 is 2. The van der Waals surface area contributed by atoms with Crippen LogP contribution in [0.3, 0.4) is 0 Å². The van der Waals surface area contributed by atoms with Crippen molar-refractivity contribution >= 4 is 17.6 Å². The number of hydrogen-bond acceptors (Lipinski definition) is 5. The Morgan fingerprint density at radius 2 is 1.85 bits per heavy atom. The second-order valence-electron chi connectivity index (χ2n) is 7.03. The molecule has 2 atom stereocenters. The standard InChI is InChI=1S/C20H31NO5/c1-8-14(4)26-17-10-9-15(11-16(17)18(22)24-6)21-19(23)20(5,25-7)12-13(2)3/h9-11,13-14H,8,12H2,1-7H3,(H,21,23)/t14-,20-/m1/s1. The molecule has 0 radical (unpaired) electrons. The summed E-state index contributed by atoms with van der Waals surface area (Å²) in [6, 6.07) is 4.93. The van der Waals surface area contributed by atoms with E-state index in [2.05, 4.69) is 5.32 Å². The highest BCUT2D eigenvalue weighted by atomic mass is 16.5. The van der Waals surface area contributed by atoms with E-state index in [0.717, 1.165) is 6.42 Å². The lowest BCUT2D eigenvalue weighted by Gasteiger charge is -2.28. The number of rotatable bonds is 9. The summed E-state index contributed by atoms with van der Waals surface area (Å²) in [7, 11) is 2.83. The Morgan fingerprint density at radius 1 is 1.19 bits per heavy atom. The molecule has 1 aromatic rings. The molecule has 6 nitrogen and oxygen atoms in total. The van der Waals surface area contributed by atoms with E-state index in [9.17, 15) is 9.59 Å². The molecule has 6 heteroatoms. The average Bonchev–Trinajstić information content (AvgIpc) is 2.61. The smallest absolute Gasteiger partial charge is 0.341 e. The zero-order valence-electron chi connectivity index (χ0n) is 16.8. The fourth-order valence-electron chi connectivity index (χ4n) is 2.59. The van der Waals surface area contributed by atoms with E-state index in [-0.39, 0.29) is 17.6 Å². The highest BCUT2D eigenvalue weighted by Gasteiger charge is 2.34. The van der Waals surface area contributed by atoms with Gasteiger partial charge in [-0.05, 0) is 50.8 Å². The Kier molecular flexibility index (Phi) is 8.08. The summed E-state index contributed by atoms with van der Waals surface area (Å²) < 4.78 is 16.1. The van der Waals surface area contributed by atoms with Gasteiger partial charge in [0.05, 0.1) is 13.2 Å². The zero-order valence-corrected chi connectivity index (χ0v) is 16.8. The Bertz CT molecular complexity index is 629. The third-order valence-corrected chi connectivity index (χ3v) is 4.27. The Balaban J connectivity index is 3.10. The van der Waals surface area contributed by atoms with Crippen molar-refractivity contribution in [3.8, 4) is 5.75 Å². The molecule has 0 bridgehead atoms. The van der Waals surface area contributed by atoms with E-state index in [0.29, 0.717) is 23.8 Å². The number of hydrogen-bond donors (Lipinski definition) is 1. The number of carbonyl (C=O) groups is 2. The van der Waals surface area contributed by atoms with Crippen molar-refractivity contribution in [2.24, 2.45) is 5.92 Å². The maximum absolute atomic E-state index is 12.7. The molecule has 1 amide bonds. The van der Waals surface area contributed by atoms with Crippen molar-refractivity contribution in [1.82, 2.24) is 0 Å². The molecule has 0 saturated heterocycles. The maximum atomic E-state index is 12.7. The Morgan fingerprint density at radius 3 is 2.35 bits per heavy atom. The predicted octanol–water partition coefficient (Wildman–Crippen LogP) is 4.04. The molecule has 0 aromatic heterocycles. The summed E-state index contributed by atoms with van der Waals surface area (Å²) in [5, 5.41) is 2.83.